The first kappa shape index (κ1) is 16.6. The Labute approximate surface area is 140 Å². The highest BCUT2D eigenvalue weighted by Crippen LogP contribution is 2.33. The summed E-state index contributed by atoms with van der Waals surface area (Å²) < 4.78 is 15.4. The van der Waals surface area contributed by atoms with Crippen LogP contribution in [0.2, 0.25) is 0 Å². The second-order valence-corrected chi connectivity index (χ2v) is 8.19. The normalized spacial score (nSPS) is 28.6. The van der Waals surface area contributed by atoms with Crippen molar-refractivity contribution in [3.63, 3.8) is 0 Å². The molecule has 0 aliphatic carbocycles. The zero-order valence-corrected chi connectivity index (χ0v) is 14.8. The monoisotopic (exact) mass is 331 g/mol. The van der Waals surface area contributed by atoms with E-state index in [1.165, 1.54) is 0 Å². The van der Waals surface area contributed by atoms with Crippen molar-refractivity contribution < 1.29 is 4.21 Å². The van der Waals surface area contributed by atoms with Gasteiger partial charge >= 0.3 is 0 Å². The van der Waals surface area contributed by atoms with E-state index >= 15 is 0 Å². The molecule has 2 N–H and O–H groups in total. The van der Waals surface area contributed by atoms with Crippen LogP contribution in [0.1, 0.15) is 27.2 Å². The minimum absolute atomic E-state index is 0.187. The summed E-state index contributed by atoms with van der Waals surface area (Å²) in [6.45, 7) is 7.28. The molecule has 1 saturated heterocycles. The highest BCUT2D eigenvalue weighted by molar-refractivity contribution is 7.83. The van der Waals surface area contributed by atoms with Crippen LogP contribution in [0, 0.1) is 11.8 Å². The second-order valence-electron chi connectivity index (χ2n) is 6.79. The van der Waals surface area contributed by atoms with E-state index in [0.29, 0.717) is 11.8 Å². The standard InChI is InChI=1S/C18H25N3OS/c1-12-11-21(13(2)9-17(12)14(3)19)23(22)18-6-4-5-15-10-20-8-7-16(15)18/h4-8,10,12-14,17H,9,11,19H2,1-3H3. The first-order chi connectivity index (χ1) is 11.0. The summed E-state index contributed by atoms with van der Waals surface area (Å²) in [5.74, 6) is 0.946. The van der Waals surface area contributed by atoms with E-state index in [9.17, 15) is 4.21 Å². The van der Waals surface area contributed by atoms with Crippen LogP contribution < -0.4 is 5.73 Å². The largest absolute Gasteiger partial charge is 0.328 e. The van der Waals surface area contributed by atoms with Gasteiger partial charge in [0.15, 0.2) is 0 Å². The summed E-state index contributed by atoms with van der Waals surface area (Å²) in [5, 5.41) is 2.06. The molecule has 124 valence electrons. The van der Waals surface area contributed by atoms with Gasteiger partial charge in [-0.3, -0.25) is 4.98 Å². The van der Waals surface area contributed by atoms with Crippen molar-refractivity contribution >= 4 is 21.8 Å². The van der Waals surface area contributed by atoms with Crippen molar-refractivity contribution in [2.24, 2.45) is 17.6 Å². The third-order valence-corrected chi connectivity index (χ3v) is 6.69. The fraction of sp³-hybridized carbons (Fsp3) is 0.500. The van der Waals surface area contributed by atoms with Crippen LogP contribution in [-0.2, 0) is 11.0 Å². The number of nitrogens with zero attached hydrogens (tertiary/aromatic N) is 2. The summed E-state index contributed by atoms with van der Waals surface area (Å²) in [6.07, 6.45) is 4.58. The van der Waals surface area contributed by atoms with Gasteiger partial charge in [0.25, 0.3) is 0 Å². The predicted molar refractivity (Wildman–Crippen MR) is 95.2 cm³/mol. The minimum atomic E-state index is -1.16. The number of benzene rings is 1. The molecule has 5 unspecified atom stereocenters. The molecular weight excluding hydrogens is 306 g/mol. The number of hydrogen-bond acceptors (Lipinski definition) is 3. The molecule has 0 saturated carbocycles. The fourth-order valence-electron chi connectivity index (χ4n) is 3.68. The van der Waals surface area contributed by atoms with Gasteiger partial charge in [-0.1, -0.05) is 19.1 Å². The van der Waals surface area contributed by atoms with E-state index in [2.05, 4.69) is 30.1 Å². The van der Waals surface area contributed by atoms with E-state index < -0.39 is 11.0 Å². The van der Waals surface area contributed by atoms with E-state index in [0.717, 1.165) is 28.6 Å². The lowest BCUT2D eigenvalue weighted by Gasteiger charge is -2.42. The maximum atomic E-state index is 13.2. The van der Waals surface area contributed by atoms with Crippen molar-refractivity contribution in [2.45, 2.75) is 44.2 Å². The summed E-state index contributed by atoms with van der Waals surface area (Å²) in [6, 6.07) is 8.34. The topological polar surface area (TPSA) is 59.2 Å². The molecule has 0 spiro atoms. The third-order valence-electron chi connectivity index (χ3n) is 5.02. The van der Waals surface area contributed by atoms with Gasteiger partial charge in [-0.15, -0.1) is 0 Å². The lowest BCUT2D eigenvalue weighted by molar-refractivity contribution is 0.138. The van der Waals surface area contributed by atoms with Crippen molar-refractivity contribution in [3.8, 4) is 0 Å². The maximum Gasteiger partial charge on any atom is 0.128 e. The predicted octanol–water partition coefficient (Wildman–Crippen LogP) is 2.95. The number of fused-ring (bicyclic) bond motifs is 1. The Morgan fingerprint density at radius 3 is 2.87 bits per heavy atom. The minimum Gasteiger partial charge on any atom is -0.328 e. The highest BCUT2D eigenvalue weighted by atomic mass is 32.2. The first-order valence-electron chi connectivity index (χ1n) is 8.26. The van der Waals surface area contributed by atoms with Gasteiger partial charge < -0.3 is 5.73 Å². The number of nitrogens with two attached hydrogens (primary N) is 1. The molecule has 1 aromatic carbocycles. The average molecular weight is 331 g/mol. The van der Waals surface area contributed by atoms with Gasteiger partial charge in [0.1, 0.15) is 11.0 Å². The molecule has 5 atom stereocenters. The van der Waals surface area contributed by atoms with Crippen LogP contribution in [0.4, 0.5) is 0 Å². The molecule has 2 aromatic rings. The lowest BCUT2D eigenvalue weighted by atomic mass is 9.80. The molecule has 5 heteroatoms. The Morgan fingerprint density at radius 2 is 2.13 bits per heavy atom. The van der Waals surface area contributed by atoms with Gasteiger partial charge in [0.05, 0.1) is 4.90 Å². The fourth-order valence-corrected chi connectivity index (χ4v) is 5.28. The van der Waals surface area contributed by atoms with E-state index in [1.807, 2.05) is 30.5 Å². The van der Waals surface area contributed by atoms with Crippen LogP contribution in [0.15, 0.2) is 41.6 Å². The first-order valence-corrected chi connectivity index (χ1v) is 9.36. The maximum absolute atomic E-state index is 13.2. The number of rotatable bonds is 3. The zero-order valence-electron chi connectivity index (χ0n) is 14.0. The van der Waals surface area contributed by atoms with Gasteiger partial charge in [-0.2, -0.15) is 0 Å². The molecular formula is C18H25N3OS. The Bertz CT molecular complexity index is 713. The molecule has 1 aromatic heterocycles. The number of pyridine rings is 1. The number of aromatic nitrogens is 1. The van der Waals surface area contributed by atoms with E-state index in [1.54, 1.807) is 6.20 Å². The van der Waals surface area contributed by atoms with Gasteiger partial charge in [-0.05, 0) is 44.2 Å². The van der Waals surface area contributed by atoms with Gasteiger partial charge in [-0.25, -0.2) is 8.51 Å². The Balaban J connectivity index is 1.91. The molecule has 1 aliphatic heterocycles. The molecule has 4 nitrogen and oxygen atoms in total. The molecule has 1 fully saturated rings. The molecule has 0 bridgehead atoms. The Hall–Kier alpha value is -1.30. The molecule has 0 radical (unpaired) electrons. The molecule has 23 heavy (non-hydrogen) atoms. The molecule has 3 rings (SSSR count). The second kappa shape index (κ2) is 6.67. The SMILES string of the molecule is CC(N)C1CC(C)N(S(=O)c2cccc3cnccc23)CC1C. The summed E-state index contributed by atoms with van der Waals surface area (Å²) >= 11 is 0. The van der Waals surface area contributed by atoms with Gasteiger partial charge in [0, 0.05) is 41.8 Å². The van der Waals surface area contributed by atoms with Crippen LogP contribution in [0.3, 0.4) is 0 Å². The van der Waals surface area contributed by atoms with Gasteiger partial charge in [0.2, 0.25) is 0 Å². The molecule has 2 heterocycles. The molecule has 1 aliphatic rings. The third kappa shape index (κ3) is 3.18. The Morgan fingerprint density at radius 1 is 1.35 bits per heavy atom. The Kier molecular flexibility index (Phi) is 4.80. The van der Waals surface area contributed by atoms with E-state index in [4.69, 9.17) is 5.73 Å². The van der Waals surface area contributed by atoms with Crippen molar-refractivity contribution in [1.82, 2.24) is 9.29 Å². The van der Waals surface area contributed by atoms with Crippen LogP contribution in [0.5, 0.6) is 0 Å². The molecule has 0 amide bonds. The number of hydrogen-bond donors (Lipinski definition) is 1. The summed E-state index contributed by atoms with van der Waals surface area (Å²) in [7, 11) is -1.16. The van der Waals surface area contributed by atoms with Crippen molar-refractivity contribution in [1.29, 1.82) is 0 Å². The lowest BCUT2D eigenvalue weighted by Crippen LogP contribution is -2.49. The quantitative estimate of drug-likeness (QED) is 0.941. The number of piperidine rings is 1. The summed E-state index contributed by atoms with van der Waals surface area (Å²) in [4.78, 5) is 5.03. The zero-order chi connectivity index (χ0) is 16.6. The summed E-state index contributed by atoms with van der Waals surface area (Å²) in [5.41, 5.74) is 6.13. The highest BCUT2D eigenvalue weighted by Gasteiger charge is 2.36. The van der Waals surface area contributed by atoms with E-state index in [-0.39, 0.29) is 12.1 Å². The van der Waals surface area contributed by atoms with Crippen molar-refractivity contribution in [3.05, 3.63) is 36.7 Å². The van der Waals surface area contributed by atoms with Crippen LogP contribution >= 0.6 is 0 Å². The van der Waals surface area contributed by atoms with Crippen LogP contribution in [-0.4, -0.2) is 32.1 Å². The van der Waals surface area contributed by atoms with Crippen LogP contribution in [0.25, 0.3) is 10.8 Å². The smallest absolute Gasteiger partial charge is 0.128 e. The average Bonchev–Trinajstić information content (AvgIpc) is 2.55. The van der Waals surface area contributed by atoms with Crippen molar-refractivity contribution in [2.75, 3.05) is 6.54 Å².